The van der Waals surface area contributed by atoms with Gasteiger partial charge in [0.1, 0.15) is 11.5 Å². The van der Waals surface area contributed by atoms with E-state index in [4.69, 9.17) is 4.74 Å². The van der Waals surface area contributed by atoms with Crippen molar-refractivity contribution < 1.29 is 9.84 Å². The van der Waals surface area contributed by atoms with Crippen LogP contribution in [0.2, 0.25) is 0 Å². The monoisotopic (exact) mass is 297 g/mol. The molecule has 0 bridgehead atoms. The van der Waals surface area contributed by atoms with Gasteiger partial charge in [-0.05, 0) is 72.8 Å². The maximum Gasteiger partial charge on any atom is 0.119 e. The molecule has 3 nitrogen and oxygen atoms in total. The average molecular weight is 297 g/mol. The average Bonchev–Trinajstić information content (AvgIpc) is 2.52. The fourth-order valence-corrected chi connectivity index (χ4v) is 3.16. The van der Waals surface area contributed by atoms with Crippen molar-refractivity contribution in [1.29, 1.82) is 0 Å². The summed E-state index contributed by atoms with van der Waals surface area (Å²) in [5.74, 6) is 1.28. The Morgan fingerprint density at radius 2 is 1.64 bits per heavy atom. The fraction of sp³-hybridized carbons (Fsp3) is 0.368. The zero-order valence-electron chi connectivity index (χ0n) is 13.3. The maximum absolute atomic E-state index is 9.75. The summed E-state index contributed by atoms with van der Waals surface area (Å²) in [6.07, 6.45) is 3.04. The zero-order chi connectivity index (χ0) is 15.5. The molecule has 3 rings (SSSR count). The van der Waals surface area contributed by atoms with E-state index in [0.717, 1.165) is 38.1 Å². The summed E-state index contributed by atoms with van der Waals surface area (Å²) in [5.41, 5.74) is 5.33. The molecule has 0 saturated heterocycles. The smallest absolute Gasteiger partial charge is 0.119 e. The molecule has 3 heteroatoms. The lowest BCUT2D eigenvalue weighted by molar-refractivity contribution is 0.328. The highest BCUT2D eigenvalue weighted by Gasteiger charge is 2.13. The molecular formula is C19H23NO2. The predicted molar refractivity (Wildman–Crippen MR) is 88.5 cm³/mol. The molecule has 1 aliphatic rings. The van der Waals surface area contributed by atoms with Gasteiger partial charge in [0.25, 0.3) is 0 Å². The molecule has 1 heterocycles. The molecule has 2 aromatic carbocycles. The van der Waals surface area contributed by atoms with Gasteiger partial charge in [-0.3, -0.25) is 0 Å². The van der Waals surface area contributed by atoms with Crippen molar-refractivity contribution >= 4 is 0 Å². The van der Waals surface area contributed by atoms with Gasteiger partial charge in [-0.2, -0.15) is 0 Å². The van der Waals surface area contributed by atoms with E-state index in [1.807, 2.05) is 6.07 Å². The maximum atomic E-state index is 9.75. The second-order valence-electron chi connectivity index (χ2n) is 6.08. The van der Waals surface area contributed by atoms with Crippen LogP contribution >= 0.6 is 0 Å². The number of nitrogens with zero attached hydrogens (tertiary/aromatic N) is 1. The summed E-state index contributed by atoms with van der Waals surface area (Å²) in [6.45, 7) is 1.89. The first-order valence-corrected chi connectivity index (χ1v) is 7.81. The first-order valence-electron chi connectivity index (χ1n) is 7.81. The number of phenols is 1. The minimum atomic E-state index is 0.353. The van der Waals surface area contributed by atoms with Gasteiger partial charge in [-0.25, -0.2) is 0 Å². The van der Waals surface area contributed by atoms with E-state index in [1.165, 1.54) is 22.3 Å². The Morgan fingerprint density at radius 1 is 0.909 bits per heavy atom. The Hall–Kier alpha value is -2.00. The van der Waals surface area contributed by atoms with Crippen LogP contribution in [-0.4, -0.2) is 30.7 Å². The Labute approximate surface area is 132 Å². The van der Waals surface area contributed by atoms with Gasteiger partial charge in [-0.1, -0.05) is 12.1 Å². The lowest BCUT2D eigenvalue weighted by Gasteiger charge is -2.22. The number of methoxy groups -OCH3 is 1. The van der Waals surface area contributed by atoms with Crippen LogP contribution in [0.1, 0.15) is 22.3 Å². The van der Waals surface area contributed by atoms with Crippen molar-refractivity contribution in [2.45, 2.75) is 25.8 Å². The molecule has 22 heavy (non-hydrogen) atoms. The van der Waals surface area contributed by atoms with Gasteiger partial charge in [0, 0.05) is 13.1 Å². The minimum absolute atomic E-state index is 0.353. The number of rotatable bonds is 1. The third-order valence-corrected chi connectivity index (χ3v) is 4.47. The molecule has 0 aliphatic carbocycles. The summed E-state index contributed by atoms with van der Waals surface area (Å²) < 4.78 is 5.37. The summed E-state index contributed by atoms with van der Waals surface area (Å²) in [4.78, 5) is 2.32. The quantitative estimate of drug-likeness (QED) is 0.877. The second-order valence-corrected chi connectivity index (χ2v) is 6.08. The molecule has 0 atom stereocenters. The summed E-state index contributed by atoms with van der Waals surface area (Å²) >= 11 is 0. The van der Waals surface area contributed by atoms with E-state index in [9.17, 15) is 5.11 Å². The van der Waals surface area contributed by atoms with Crippen molar-refractivity contribution in [3.05, 3.63) is 58.7 Å². The molecule has 0 fully saturated rings. The molecule has 1 aliphatic heterocycles. The van der Waals surface area contributed by atoms with E-state index in [2.05, 4.69) is 36.2 Å². The lowest BCUT2D eigenvalue weighted by Crippen LogP contribution is -2.23. The van der Waals surface area contributed by atoms with Crippen LogP contribution in [0.3, 0.4) is 0 Å². The Bertz CT molecular complexity index is 666. The third kappa shape index (κ3) is 3.25. The van der Waals surface area contributed by atoms with Crippen molar-refractivity contribution in [3.8, 4) is 11.5 Å². The van der Waals surface area contributed by atoms with Crippen LogP contribution in [-0.2, 0) is 25.8 Å². The number of ether oxygens (including phenoxy) is 1. The van der Waals surface area contributed by atoms with Crippen molar-refractivity contribution in [3.63, 3.8) is 0 Å². The van der Waals surface area contributed by atoms with Gasteiger partial charge in [0.05, 0.1) is 7.11 Å². The number of benzene rings is 2. The molecule has 2 aromatic rings. The van der Waals surface area contributed by atoms with E-state index in [1.54, 1.807) is 13.2 Å². The highest BCUT2D eigenvalue weighted by Crippen LogP contribution is 2.25. The molecule has 1 N–H and O–H groups in total. The molecular weight excluding hydrogens is 274 g/mol. The zero-order valence-corrected chi connectivity index (χ0v) is 13.3. The summed E-state index contributed by atoms with van der Waals surface area (Å²) in [7, 11) is 3.85. The van der Waals surface area contributed by atoms with Crippen LogP contribution in [0.15, 0.2) is 36.4 Å². The predicted octanol–water partition coefficient (Wildman–Crippen LogP) is 3.17. The largest absolute Gasteiger partial charge is 0.508 e. The van der Waals surface area contributed by atoms with Crippen molar-refractivity contribution in [2.24, 2.45) is 0 Å². The van der Waals surface area contributed by atoms with Crippen LogP contribution in [0, 0.1) is 0 Å². The Kier molecular flexibility index (Phi) is 4.34. The van der Waals surface area contributed by atoms with E-state index < -0.39 is 0 Å². The highest BCUT2D eigenvalue weighted by molar-refractivity contribution is 5.39. The second kappa shape index (κ2) is 6.41. The van der Waals surface area contributed by atoms with Gasteiger partial charge in [0.15, 0.2) is 0 Å². The van der Waals surface area contributed by atoms with Gasteiger partial charge < -0.3 is 14.7 Å². The molecule has 0 amide bonds. The van der Waals surface area contributed by atoms with Gasteiger partial charge >= 0.3 is 0 Å². The van der Waals surface area contributed by atoms with Crippen molar-refractivity contribution in [2.75, 3.05) is 20.7 Å². The molecule has 0 aromatic heterocycles. The van der Waals surface area contributed by atoms with Crippen LogP contribution in [0.25, 0.3) is 0 Å². The van der Waals surface area contributed by atoms with Gasteiger partial charge in [0.2, 0.25) is 0 Å². The molecule has 0 spiro atoms. The molecule has 0 saturated carbocycles. The lowest BCUT2D eigenvalue weighted by atomic mass is 9.94. The van der Waals surface area contributed by atoms with E-state index in [-0.39, 0.29) is 0 Å². The van der Waals surface area contributed by atoms with Crippen LogP contribution < -0.4 is 4.74 Å². The summed E-state index contributed by atoms with van der Waals surface area (Å²) in [5, 5.41) is 9.75. The number of likely N-dealkylation sites (N-methyl/N-ethyl adjacent to an activating group) is 1. The number of phenolic OH excluding ortho intramolecular Hbond substituents is 1. The fourth-order valence-electron chi connectivity index (χ4n) is 3.16. The minimum Gasteiger partial charge on any atom is -0.508 e. The molecule has 0 radical (unpaired) electrons. The van der Waals surface area contributed by atoms with Crippen LogP contribution in [0.4, 0.5) is 0 Å². The van der Waals surface area contributed by atoms with Gasteiger partial charge in [-0.15, -0.1) is 0 Å². The normalized spacial score (nSPS) is 15.7. The third-order valence-electron chi connectivity index (χ3n) is 4.47. The standard InChI is InChI=1S/C19H23NO2/c1-20-10-9-15-6-8-19(22-2)12-16(15)4-3-14-5-7-18(21)11-17(14)13-20/h5-8,11-12,21H,3-4,9-10,13H2,1-2H3. The number of aromatic hydroxyl groups is 1. The van der Waals surface area contributed by atoms with Crippen LogP contribution in [0.5, 0.6) is 11.5 Å². The highest BCUT2D eigenvalue weighted by atomic mass is 16.5. The molecule has 0 unspecified atom stereocenters. The first kappa shape index (κ1) is 14.9. The Balaban J connectivity index is 1.95. The first-order chi connectivity index (χ1) is 10.7. The number of fused-ring (bicyclic) bond motifs is 2. The van der Waals surface area contributed by atoms with Crippen molar-refractivity contribution in [1.82, 2.24) is 4.90 Å². The summed E-state index contributed by atoms with van der Waals surface area (Å²) in [6, 6.07) is 12.2. The number of hydrogen-bond acceptors (Lipinski definition) is 3. The SMILES string of the molecule is COc1ccc2c(c1)CCc1ccc(O)cc1CN(C)CC2. The number of aryl methyl sites for hydroxylation is 2. The Morgan fingerprint density at radius 3 is 2.45 bits per heavy atom. The van der Waals surface area contributed by atoms with E-state index >= 15 is 0 Å². The van der Waals surface area contributed by atoms with E-state index in [0.29, 0.717) is 5.75 Å². The number of hydrogen-bond donors (Lipinski definition) is 1. The topological polar surface area (TPSA) is 32.7 Å². The molecule has 116 valence electrons.